The van der Waals surface area contributed by atoms with E-state index in [0.29, 0.717) is 39.6 Å². The van der Waals surface area contributed by atoms with E-state index in [1.54, 1.807) is 0 Å². The number of hydrogen-bond acceptors (Lipinski definition) is 8. The summed E-state index contributed by atoms with van der Waals surface area (Å²) >= 11 is 0. The van der Waals surface area contributed by atoms with Gasteiger partial charge >= 0.3 is 0 Å². The molecule has 0 saturated carbocycles. The molecular formula is C118H166O8. The highest BCUT2D eigenvalue weighted by Gasteiger charge is 2.19. The summed E-state index contributed by atoms with van der Waals surface area (Å²) in [5.41, 5.74) is 17.8. The van der Waals surface area contributed by atoms with Crippen LogP contribution in [0.15, 0.2) is 194 Å². The van der Waals surface area contributed by atoms with Crippen molar-refractivity contribution in [2.45, 2.75) is 376 Å². The fraction of sp³-hybridized carbons (Fsp3) is 0.542. The van der Waals surface area contributed by atoms with E-state index in [1.165, 1.54) is 270 Å². The van der Waals surface area contributed by atoms with Crippen LogP contribution < -0.4 is 28.4 Å². The second-order valence-electron chi connectivity index (χ2n) is 36.0. The predicted molar refractivity (Wildman–Crippen MR) is 538 cm³/mol. The highest BCUT2D eigenvalue weighted by atomic mass is 16.5. The van der Waals surface area contributed by atoms with E-state index < -0.39 is 0 Å². The Morgan fingerprint density at radius 2 is 0.302 bits per heavy atom. The molecule has 0 fully saturated rings. The Morgan fingerprint density at radius 1 is 0.143 bits per heavy atom. The van der Waals surface area contributed by atoms with Crippen molar-refractivity contribution in [3.8, 4) is 101 Å². The van der Waals surface area contributed by atoms with Crippen molar-refractivity contribution in [2.24, 2.45) is 0 Å². The molecule has 0 radical (unpaired) electrons. The molecule has 0 amide bonds. The topological polar surface area (TPSA) is 73.8 Å². The molecule has 126 heavy (non-hydrogen) atoms. The normalized spacial score (nSPS) is 11.4. The van der Waals surface area contributed by atoms with Gasteiger partial charge in [0.25, 0.3) is 0 Å². The molecule has 8 nitrogen and oxygen atoms in total. The second kappa shape index (κ2) is 64.4. The lowest BCUT2D eigenvalue weighted by Crippen LogP contribution is -2.04. The average Bonchev–Trinajstić information content (AvgIpc) is 0.790. The van der Waals surface area contributed by atoms with Crippen molar-refractivity contribution in [1.82, 2.24) is 0 Å². The molecule has 686 valence electrons. The van der Waals surface area contributed by atoms with E-state index in [1.807, 2.05) is 0 Å². The van der Waals surface area contributed by atoms with Gasteiger partial charge in [0, 0.05) is 0 Å². The first-order chi connectivity index (χ1) is 62.4. The molecule has 0 unspecified atom stereocenters. The summed E-state index contributed by atoms with van der Waals surface area (Å²) in [4.78, 5) is 0. The van der Waals surface area contributed by atoms with Gasteiger partial charge in [-0.3, -0.25) is 0 Å². The smallest absolute Gasteiger partial charge is 0.119 e. The maximum atomic E-state index is 7.27. The number of unbranched alkanes of at least 4 members (excludes halogenated alkanes) is 42. The minimum Gasteiger partial charge on any atom is -0.494 e. The summed E-state index contributed by atoms with van der Waals surface area (Å²) in [6, 6.07) is 71.0. The zero-order valence-electron chi connectivity index (χ0n) is 79.8. The molecule has 0 heterocycles. The molecule has 0 aliphatic rings. The maximum Gasteiger partial charge on any atom is 0.119 e. The van der Waals surface area contributed by atoms with Crippen molar-refractivity contribution >= 4 is 0 Å². The zero-order chi connectivity index (χ0) is 88.0. The van der Waals surface area contributed by atoms with E-state index in [0.717, 1.165) is 188 Å². The molecule has 9 aromatic carbocycles. The molecule has 0 N–H and O–H groups in total. The molecule has 0 saturated heterocycles. The van der Waals surface area contributed by atoms with Crippen molar-refractivity contribution < 1.29 is 37.9 Å². The van der Waals surface area contributed by atoms with Gasteiger partial charge in [0.15, 0.2) is 0 Å². The van der Waals surface area contributed by atoms with Gasteiger partial charge < -0.3 is 37.9 Å². The zero-order valence-corrected chi connectivity index (χ0v) is 79.8. The van der Waals surface area contributed by atoms with E-state index in [-0.39, 0.29) is 0 Å². The third-order valence-electron chi connectivity index (χ3n) is 25.2. The van der Waals surface area contributed by atoms with Crippen LogP contribution in [0, 0.1) is 0 Å². The summed E-state index contributed by atoms with van der Waals surface area (Å²) < 4.78 is 53.0. The van der Waals surface area contributed by atoms with Gasteiger partial charge in [-0.2, -0.15) is 0 Å². The maximum absolute atomic E-state index is 7.27. The molecule has 8 heteroatoms. The van der Waals surface area contributed by atoms with E-state index in [9.17, 15) is 0 Å². The largest absolute Gasteiger partial charge is 0.494 e. The van der Waals surface area contributed by atoms with Crippen molar-refractivity contribution in [3.05, 3.63) is 216 Å². The van der Waals surface area contributed by atoms with Gasteiger partial charge in [-0.25, -0.2) is 0 Å². The van der Waals surface area contributed by atoms with Gasteiger partial charge in [-0.05, 0) is 225 Å². The molecule has 0 aliphatic heterocycles. The number of benzene rings is 9. The van der Waals surface area contributed by atoms with Gasteiger partial charge in [0.2, 0.25) is 0 Å². The van der Waals surface area contributed by atoms with Gasteiger partial charge in [-0.15, -0.1) is 0 Å². The highest BCUT2D eigenvalue weighted by molar-refractivity contribution is 5.79. The van der Waals surface area contributed by atoms with Crippen LogP contribution in [0.2, 0.25) is 0 Å². The molecule has 9 rings (SSSR count). The predicted octanol–water partition coefficient (Wildman–Crippen LogP) is 36.2. The van der Waals surface area contributed by atoms with Gasteiger partial charge in [-0.1, -0.05) is 408 Å². The Balaban J connectivity index is 1.03. The Kier molecular flexibility index (Phi) is 51.9. The summed E-state index contributed by atoms with van der Waals surface area (Å²) in [7, 11) is 0. The molecule has 0 bridgehead atoms. The number of hydrogen-bond donors (Lipinski definition) is 0. The molecule has 0 spiro atoms. The Hall–Kier alpha value is -8.30. The van der Waals surface area contributed by atoms with Gasteiger partial charge in [0.05, 0.1) is 66.1 Å². The second-order valence-corrected chi connectivity index (χ2v) is 36.0. The fourth-order valence-electron chi connectivity index (χ4n) is 17.3. The summed E-state index contributed by atoms with van der Waals surface area (Å²) in [6.45, 7) is 19.5. The SMILES string of the molecule is CCCCCCCCCCOc1ccc(-c2ccc(-c3ccc(OCCCCCCCCCC)cc3)c(COCc3cc(-c4ccc(OCCCCCCCCCC)cc4)c(COCc4cc(-c5ccc(OCCCCCCCCCC)cc5)ccc4-c4ccc(OCCCCCCCCCC)cc4)cc3-c3ccc(OCCCCCCCCCC)cc3)c2)cc1. The molecule has 0 aliphatic carbocycles. The average molecular weight is 1710 g/mol. The van der Waals surface area contributed by atoms with Crippen molar-refractivity contribution in [3.63, 3.8) is 0 Å². The van der Waals surface area contributed by atoms with Crippen LogP contribution in [0.3, 0.4) is 0 Å². The van der Waals surface area contributed by atoms with E-state index >= 15 is 0 Å². The van der Waals surface area contributed by atoms with Crippen LogP contribution in [-0.4, -0.2) is 39.6 Å². The fourth-order valence-corrected chi connectivity index (χ4v) is 17.3. The van der Waals surface area contributed by atoms with Crippen LogP contribution in [-0.2, 0) is 35.9 Å². The van der Waals surface area contributed by atoms with Crippen molar-refractivity contribution in [1.29, 1.82) is 0 Å². The third kappa shape index (κ3) is 39.7. The lowest BCUT2D eigenvalue weighted by molar-refractivity contribution is 0.106. The van der Waals surface area contributed by atoms with Crippen LogP contribution in [0.4, 0.5) is 0 Å². The summed E-state index contributed by atoms with van der Waals surface area (Å²) in [6.07, 6.45) is 60.9. The first kappa shape index (κ1) is 101. The van der Waals surface area contributed by atoms with Crippen LogP contribution in [0.1, 0.15) is 372 Å². The molecule has 9 aromatic rings. The van der Waals surface area contributed by atoms with Crippen LogP contribution in [0.25, 0.3) is 66.8 Å². The summed E-state index contributed by atoms with van der Waals surface area (Å²) in [5.74, 6) is 5.42. The van der Waals surface area contributed by atoms with Gasteiger partial charge in [0.1, 0.15) is 34.5 Å². The summed E-state index contributed by atoms with van der Waals surface area (Å²) in [5, 5.41) is 0. The quantitative estimate of drug-likeness (QED) is 0.0349. The molecule has 0 aromatic heterocycles. The minimum atomic E-state index is 0.353. The molecular weight excluding hydrogens is 1550 g/mol. The van der Waals surface area contributed by atoms with Crippen LogP contribution in [0.5, 0.6) is 34.5 Å². The minimum absolute atomic E-state index is 0.353. The third-order valence-corrected chi connectivity index (χ3v) is 25.2. The number of ether oxygens (including phenoxy) is 8. The standard InChI is InChI=1S/C118H166O8/c1-7-13-19-25-31-37-43-49-83-121-109-69-55-97(56-70-109)103-67-81-115(99-59-73-111(74-60-99)123-85-51-45-39-33-27-21-15-9-3)105(89-103)93-119-95-107-91-118(102-65-79-114(80-66-102)126-88-54-48-42-36-30-24-18-12-6)108(92-117(107)101-63-77-113(78-64-101)125-87-53-47-41-35-29-23-17-11-5)96-120-94-106-90-104(98-57-71-110(72-58-98)122-84-50-44-38-32-26-20-14-8-2)68-82-116(106)100-61-75-112(76-62-100)124-86-52-46-40-34-28-22-16-10-4/h55-82,89-92H,7-54,83-88,93-96H2,1-6H3. The lowest BCUT2D eigenvalue weighted by atomic mass is 9.91. The lowest BCUT2D eigenvalue weighted by Gasteiger charge is -2.20. The number of rotatable bonds is 74. The monoisotopic (exact) mass is 1710 g/mol. The Bertz CT molecular complexity index is 3950. The Morgan fingerprint density at radius 3 is 0.500 bits per heavy atom. The first-order valence-electron chi connectivity index (χ1n) is 51.3. The van der Waals surface area contributed by atoms with E-state index in [4.69, 9.17) is 37.9 Å². The van der Waals surface area contributed by atoms with Crippen LogP contribution >= 0.6 is 0 Å². The van der Waals surface area contributed by atoms with Crippen molar-refractivity contribution in [2.75, 3.05) is 39.6 Å². The first-order valence-corrected chi connectivity index (χ1v) is 51.3. The van der Waals surface area contributed by atoms with E-state index in [2.05, 4.69) is 236 Å². The Labute approximate surface area is 766 Å². The molecule has 0 atom stereocenters. The highest BCUT2D eigenvalue weighted by Crippen LogP contribution is 2.40.